The molecule has 1 aromatic heterocycles. The fourth-order valence-corrected chi connectivity index (χ4v) is 1.98. The van der Waals surface area contributed by atoms with Gasteiger partial charge in [-0.2, -0.15) is 0 Å². The molecule has 132 valence electrons. The lowest BCUT2D eigenvalue weighted by atomic mass is 10.1. The molecular formula is C19H36N4. The summed E-state index contributed by atoms with van der Waals surface area (Å²) in [6, 6.07) is 0. The first-order chi connectivity index (χ1) is 11.0. The second-order valence-electron chi connectivity index (χ2n) is 4.82. The Labute approximate surface area is 143 Å². The third-order valence-electron chi connectivity index (χ3n) is 2.73. The van der Waals surface area contributed by atoms with Crippen molar-refractivity contribution in [3.8, 4) is 0 Å². The van der Waals surface area contributed by atoms with Gasteiger partial charge in [-0.25, -0.2) is 0 Å². The van der Waals surface area contributed by atoms with Crippen molar-refractivity contribution in [2.24, 2.45) is 0 Å². The van der Waals surface area contributed by atoms with Gasteiger partial charge in [-0.3, -0.25) is 5.41 Å². The Morgan fingerprint density at radius 2 is 1.87 bits per heavy atom. The van der Waals surface area contributed by atoms with Gasteiger partial charge in [0.05, 0.1) is 5.56 Å². The van der Waals surface area contributed by atoms with Crippen LogP contribution >= 0.6 is 0 Å². The van der Waals surface area contributed by atoms with Gasteiger partial charge in [-0.1, -0.05) is 46.8 Å². The van der Waals surface area contributed by atoms with Gasteiger partial charge in [0.25, 0.3) is 0 Å². The van der Waals surface area contributed by atoms with Gasteiger partial charge in [0, 0.05) is 18.9 Å². The number of nitrogens with one attached hydrogen (secondary N) is 3. The SMILES string of the molecule is C=CNc1[nH]cc(C)c1C(=N)N(C=C(C)C)CCC.CC.CC. The van der Waals surface area contributed by atoms with Gasteiger partial charge in [0.1, 0.15) is 11.7 Å². The zero-order valence-electron chi connectivity index (χ0n) is 16.3. The van der Waals surface area contributed by atoms with E-state index < -0.39 is 0 Å². The standard InChI is InChI=1S/C15H24N4.2C2H6/c1-6-8-19(10-11(3)4)14(16)13-12(5)9-18-15(13)17-7-2;2*1-2/h7,9-10,16-18H,2,6,8H2,1,3-5H3;2*1-2H3. The molecule has 1 heterocycles. The van der Waals surface area contributed by atoms with Gasteiger partial charge in [0.15, 0.2) is 0 Å². The van der Waals surface area contributed by atoms with Gasteiger partial charge in [-0.05, 0) is 39.0 Å². The number of hydrogen-bond donors (Lipinski definition) is 3. The molecule has 4 nitrogen and oxygen atoms in total. The highest BCUT2D eigenvalue weighted by Crippen LogP contribution is 2.21. The third-order valence-corrected chi connectivity index (χ3v) is 2.73. The van der Waals surface area contributed by atoms with Crippen LogP contribution in [0.15, 0.2) is 30.7 Å². The van der Waals surface area contributed by atoms with Crippen molar-refractivity contribution in [2.45, 2.75) is 61.8 Å². The van der Waals surface area contributed by atoms with Crippen molar-refractivity contribution >= 4 is 11.7 Å². The van der Waals surface area contributed by atoms with E-state index in [1.165, 1.54) is 5.57 Å². The number of aryl methyl sites for hydroxylation is 1. The minimum atomic E-state index is 0.506. The highest BCUT2D eigenvalue weighted by atomic mass is 15.2. The van der Waals surface area contributed by atoms with E-state index in [2.05, 4.69) is 23.8 Å². The molecule has 0 aromatic carbocycles. The number of amidine groups is 1. The van der Waals surface area contributed by atoms with Crippen molar-refractivity contribution < 1.29 is 0 Å². The third kappa shape index (κ3) is 7.73. The van der Waals surface area contributed by atoms with Crippen molar-refractivity contribution in [3.63, 3.8) is 0 Å². The lowest BCUT2D eigenvalue weighted by Gasteiger charge is -2.22. The molecule has 23 heavy (non-hydrogen) atoms. The van der Waals surface area contributed by atoms with Crippen LogP contribution in [0.1, 0.15) is 66.0 Å². The molecule has 0 unspecified atom stereocenters. The first-order valence-electron chi connectivity index (χ1n) is 8.57. The zero-order chi connectivity index (χ0) is 18.4. The van der Waals surface area contributed by atoms with Gasteiger partial charge >= 0.3 is 0 Å². The van der Waals surface area contributed by atoms with Gasteiger partial charge < -0.3 is 15.2 Å². The van der Waals surface area contributed by atoms with E-state index in [0.717, 1.165) is 29.9 Å². The Morgan fingerprint density at radius 3 is 2.30 bits per heavy atom. The summed E-state index contributed by atoms with van der Waals surface area (Å²) in [4.78, 5) is 5.12. The number of anilines is 1. The first kappa shape index (κ1) is 23.3. The fourth-order valence-electron chi connectivity index (χ4n) is 1.98. The summed E-state index contributed by atoms with van der Waals surface area (Å²) in [5.74, 6) is 1.33. The number of H-pyrrole nitrogens is 1. The lowest BCUT2D eigenvalue weighted by molar-refractivity contribution is 0.541. The summed E-state index contributed by atoms with van der Waals surface area (Å²) in [6.07, 6.45) is 6.55. The molecular weight excluding hydrogens is 284 g/mol. The molecule has 0 atom stereocenters. The maximum atomic E-state index is 8.45. The Bertz CT molecular complexity index is 480. The molecule has 0 spiro atoms. The monoisotopic (exact) mass is 320 g/mol. The maximum Gasteiger partial charge on any atom is 0.136 e. The highest BCUT2D eigenvalue weighted by molar-refractivity contribution is 6.03. The number of aromatic nitrogens is 1. The summed E-state index contributed by atoms with van der Waals surface area (Å²) in [7, 11) is 0. The Balaban J connectivity index is 0. The Hall–Kier alpha value is -1.97. The average Bonchev–Trinajstić information content (AvgIpc) is 2.91. The molecule has 0 aliphatic heterocycles. The fraction of sp³-hybridized carbons (Fsp3) is 0.526. The number of rotatable bonds is 6. The topological polar surface area (TPSA) is 54.9 Å². The smallest absolute Gasteiger partial charge is 0.136 e. The van der Waals surface area contributed by atoms with Crippen LogP contribution in [0.25, 0.3) is 0 Å². The van der Waals surface area contributed by atoms with Crippen LogP contribution in [0.4, 0.5) is 5.82 Å². The molecule has 0 saturated carbocycles. The molecule has 1 rings (SSSR count). The van der Waals surface area contributed by atoms with Crippen LogP contribution in [-0.2, 0) is 0 Å². The van der Waals surface area contributed by atoms with E-state index >= 15 is 0 Å². The highest BCUT2D eigenvalue weighted by Gasteiger charge is 2.17. The molecule has 4 heteroatoms. The summed E-state index contributed by atoms with van der Waals surface area (Å²) in [5, 5.41) is 11.5. The molecule has 0 amide bonds. The predicted molar refractivity (Wildman–Crippen MR) is 105 cm³/mol. The van der Waals surface area contributed by atoms with Crippen LogP contribution < -0.4 is 5.32 Å². The zero-order valence-corrected chi connectivity index (χ0v) is 16.3. The molecule has 0 aliphatic rings. The normalized spacial score (nSPS) is 8.70. The minimum Gasteiger partial charge on any atom is -0.348 e. The molecule has 0 saturated heterocycles. The van der Waals surface area contributed by atoms with E-state index in [9.17, 15) is 0 Å². The van der Waals surface area contributed by atoms with Crippen molar-refractivity contribution in [3.05, 3.63) is 41.9 Å². The largest absolute Gasteiger partial charge is 0.348 e. The van der Waals surface area contributed by atoms with Crippen LogP contribution in [0.2, 0.25) is 0 Å². The van der Waals surface area contributed by atoms with E-state index in [4.69, 9.17) is 5.41 Å². The van der Waals surface area contributed by atoms with Crippen LogP contribution in [-0.4, -0.2) is 22.3 Å². The second kappa shape index (κ2) is 13.7. The number of aromatic amines is 1. The first-order valence-corrected chi connectivity index (χ1v) is 8.57. The summed E-state index contributed by atoms with van der Waals surface area (Å²) >= 11 is 0. The van der Waals surface area contributed by atoms with Crippen molar-refractivity contribution in [1.82, 2.24) is 9.88 Å². The molecule has 1 aromatic rings. The number of nitrogens with zero attached hydrogens (tertiary/aromatic N) is 1. The van der Waals surface area contributed by atoms with E-state index in [-0.39, 0.29) is 0 Å². The molecule has 0 bridgehead atoms. The number of allylic oxidation sites excluding steroid dienone is 1. The number of hydrogen-bond acceptors (Lipinski definition) is 2. The molecule has 0 aliphatic carbocycles. The minimum absolute atomic E-state index is 0.506. The van der Waals surface area contributed by atoms with Crippen LogP contribution in [0.3, 0.4) is 0 Å². The Kier molecular flexibility index (Phi) is 13.9. The lowest BCUT2D eigenvalue weighted by Crippen LogP contribution is -2.27. The van der Waals surface area contributed by atoms with Crippen LogP contribution in [0, 0.1) is 12.3 Å². The quantitative estimate of drug-likeness (QED) is 0.452. The predicted octanol–water partition coefficient (Wildman–Crippen LogP) is 5.89. The van der Waals surface area contributed by atoms with Crippen molar-refractivity contribution in [1.29, 1.82) is 5.41 Å². The van der Waals surface area contributed by atoms with E-state index in [1.54, 1.807) is 6.20 Å². The average molecular weight is 321 g/mol. The maximum absolute atomic E-state index is 8.45. The van der Waals surface area contributed by atoms with E-state index in [1.807, 2.05) is 65.8 Å². The summed E-state index contributed by atoms with van der Waals surface area (Å²) in [5.41, 5.74) is 3.13. The van der Waals surface area contributed by atoms with Gasteiger partial charge in [0.2, 0.25) is 0 Å². The second-order valence-corrected chi connectivity index (χ2v) is 4.82. The Morgan fingerprint density at radius 1 is 1.30 bits per heavy atom. The summed E-state index contributed by atoms with van der Waals surface area (Å²) < 4.78 is 0. The summed E-state index contributed by atoms with van der Waals surface area (Å²) in [6.45, 7) is 20.7. The molecule has 0 radical (unpaired) electrons. The van der Waals surface area contributed by atoms with E-state index in [0.29, 0.717) is 5.84 Å². The van der Waals surface area contributed by atoms with Gasteiger partial charge in [-0.15, -0.1) is 0 Å². The molecule has 3 N–H and O–H groups in total. The van der Waals surface area contributed by atoms with Crippen LogP contribution in [0.5, 0.6) is 0 Å². The molecule has 0 fully saturated rings. The van der Waals surface area contributed by atoms with Crippen molar-refractivity contribution in [2.75, 3.05) is 11.9 Å².